The smallest absolute Gasteiger partial charge is 0.408 e. The molecule has 2 heterocycles. The first-order valence-corrected chi connectivity index (χ1v) is 25.2. The number of halogens is 2. The molecule has 5 atom stereocenters. The molecule has 3 aromatic carbocycles. The van der Waals surface area contributed by atoms with E-state index >= 15 is 4.39 Å². The van der Waals surface area contributed by atoms with Crippen LogP contribution in [0.25, 0.3) is 11.1 Å². The minimum Gasteiger partial charge on any atom is -0.481 e. The van der Waals surface area contributed by atoms with Gasteiger partial charge in [0.25, 0.3) is 11.8 Å². The van der Waals surface area contributed by atoms with E-state index in [1.54, 1.807) is 67.9 Å². The Morgan fingerprint density at radius 3 is 2.01 bits per heavy atom. The second-order valence-corrected chi connectivity index (χ2v) is 19.9. The summed E-state index contributed by atoms with van der Waals surface area (Å²) in [6.45, 7) is 6.12. The number of imide groups is 1. The van der Waals surface area contributed by atoms with Crippen LogP contribution in [0.5, 0.6) is 0 Å². The lowest BCUT2D eigenvalue weighted by atomic mass is 9.82. The molecule has 4 aromatic rings. The number of hydrogen-bond acceptors (Lipinski definition) is 12. The molecule has 1 aromatic heterocycles. The summed E-state index contributed by atoms with van der Waals surface area (Å²) in [4.78, 5) is 132. The third-order valence-electron chi connectivity index (χ3n) is 12.7. The van der Waals surface area contributed by atoms with Crippen LogP contribution in [0.4, 0.5) is 13.6 Å². The monoisotopic (exact) mass is 1080 g/mol. The molecule has 78 heavy (non-hydrogen) atoms. The maximum atomic E-state index is 15.4. The van der Waals surface area contributed by atoms with Crippen LogP contribution in [-0.2, 0) is 61.0 Å². The van der Waals surface area contributed by atoms with Gasteiger partial charge in [0, 0.05) is 73.6 Å². The third-order valence-corrected chi connectivity index (χ3v) is 12.7. The van der Waals surface area contributed by atoms with Crippen LogP contribution in [0, 0.1) is 23.0 Å². The van der Waals surface area contributed by atoms with Crippen molar-refractivity contribution in [1.82, 2.24) is 35.6 Å². The Morgan fingerprint density at radius 2 is 1.40 bits per heavy atom. The Bertz CT molecular complexity index is 2850. The Hall–Kier alpha value is -8.40. The van der Waals surface area contributed by atoms with Gasteiger partial charge in [-0.05, 0) is 60.6 Å². The quantitative estimate of drug-likeness (QED) is 0.0338. The van der Waals surface area contributed by atoms with Crippen LogP contribution in [0.15, 0.2) is 103 Å². The average molecular weight is 1080 g/mol. The number of carbonyl (C=O) groups excluding carboxylic acids is 9. The molecule has 0 radical (unpaired) electrons. The summed E-state index contributed by atoms with van der Waals surface area (Å²) in [5, 5.41) is 30.2. The van der Waals surface area contributed by atoms with Crippen molar-refractivity contribution in [2.24, 2.45) is 11.3 Å². The van der Waals surface area contributed by atoms with Gasteiger partial charge in [-0.1, -0.05) is 88.4 Å². The number of carbonyl (C=O) groups is 10. The number of carboxylic acids is 1. The van der Waals surface area contributed by atoms with E-state index in [9.17, 15) is 62.5 Å². The third kappa shape index (κ3) is 17.6. The largest absolute Gasteiger partial charge is 0.481 e. The van der Waals surface area contributed by atoms with E-state index in [0.29, 0.717) is 11.3 Å². The number of carboxylic acid groups (broad SMARTS) is 1. The summed E-state index contributed by atoms with van der Waals surface area (Å²) < 4.78 is 36.9. The molecule has 20 nitrogen and oxygen atoms in total. The van der Waals surface area contributed by atoms with Crippen LogP contribution in [0.2, 0.25) is 0 Å². The Kier molecular flexibility index (Phi) is 21.8. The number of hydrogen-bond donors (Lipinski definition) is 6. The van der Waals surface area contributed by atoms with Gasteiger partial charge < -0.3 is 45.7 Å². The summed E-state index contributed by atoms with van der Waals surface area (Å²) in [5.41, 5.74) is 1.21. The molecule has 0 saturated heterocycles. The zero-order valence-electron chi connectivity index (χ0n) is 44.0. The van der Waals surface area contributed by atoms with Gasteiger partial charge in [-0.25, -0.2) is 13.6 Å². The minimum absolute atomic E-state index is 0.0000700. The van der Waals surface area contributed by atoms with Crippen molar-refractivity contribution in [3.05, 3.63) is 132 Å². The highest BCUT2D eigenvalue weighted by molar-refractivity contribution is 6.14. The summed E-state index contributed by atoms with van der Waals surface area (Å²) >= 11 is 0. The maximum Gasteiger partial charge on any atom is 0.408 e. The van der Waals surface area contributed by atoms with Crippen molar-refractivity contribution < 1.29 is 71.7 Å². The predicted octanol–water partition coefficient (Wildman–Crippen LogP) is 4.52. The number of nitrogens with one attached hydrogen (secondary N) is 4. The molecule has 0 unspecified atom stereocenters. The zero-order chi connectivity index (χ0) is 57.3. The minimum atomic E-state index is -1.84. The number of nitrogens with zero attached hydrogens (tertiary/aromatic N) is 3. The number of aromatic nitrogens is 1. The van der Waals surface area contributed by atoms with E-state index in [4.69, 9.17) is 4.74 Å². The summed E-state index contributed by atoms with van der Waals surface area (Å²) in [7, 11) is 0. The highest BCUT2D eigenvalue weighted by Gasteiger charge is 2.39. The number of rotatable bonds is 28. The van der Waals surface area contributed by atoms with E-state index in [1.807, 2.05) is 30.3 Å². The van der Waals surface area contributed by atoms with Crippen molar-refractivity contribution in [1.29, 1.82) is 0 Å². The fourth-order valence-corrected chi connectivity index (χ4v) is 8.66. The lowest BCUT2D eigenvalue weighted by Gasteiger charge is -2.41. The van der Waals surface area contributed by atoms with Crippen LogP contribution < -0.4 is 21.3 Å². The van der Waals surface area contributed by atoms with Crippen molar-refractivity contribution in [3.8, 4) is 11.1 Å². The second-order valence-electron chi connectivity index (χ2n) is 19.9. The first-order valence-electron chi connectivity index (χ1n) is 25.2. The van der Waals surface area contributed by atoms with Crippen LogP contribution in [0.1, 0.15) is 89.6 Å². The lowest BCUT2D eigenvalue weighted by Crippen LogP contribution is -2.56. The van der Waals surface area contributed by atoms with Crippen LogP contribution >= 0.6 is 0 Å². The van der Waals surface area contributed by atoms with Crippen LogP contribution in [-0.4, -0.2) is 128 Å². The van der Waals surface area contributed by atoms with Crippen molar-refractivity contribution >= 4 is 59.1 Å². The van der Waals surface area contributed by atoms with Crippen LogP contribution in [0.3, 0.4) is 0 Å². The molecule has 1 aliphatic heterocycles. The molecular formula is C56H65F2N7O13. The molecule has 0 aliphatic carbocycles. The second kappa shape index (κ2) is 28.1. The fraction of sp³-hybridized carbons (Fsp3) is 0.393. The number of ketones is 2. The molecule has 22 heteroatoms. The van der Waals surface area contributed by atoms with Crippen molar-refractivity contribution in [2.45, 2.75) is 104 Å². The molecule has 5 rings (SSSR count). The van der Waals surface area contributed by atoms with Gasteiger partial charge in [-0.3, -0.25) is 48.1 Å². The number of aliphatic hydroxyl groups is 1. The van der Waals surface area contributed by atoms with E-state index in [-0.39, 0.29) is 50.2 Å². The number of ether oxygens (including phenoxy) is 1. The van der Waals surface area contributed by atoms with Gasteiger partial charge in [0.15, 0.2) is 11.6 Å². The molecule has 0 bridgehead atoms. The van der Waals surface area contributed by atoms with Gasteiger partial charge in [0.2, 0.25) is 23.6 Å². The molecular weight excluding hydrogens is 1020 g/mol. The average Bonchev–Trinajstić information content (AvgIpc) is 3.96. The van der Waals surface area contributed by atoms with Crippen molar-refractivity contribution in [2.75, 3.05) is 26.2 Å². The number of benzene rings is 3. The lowest BCUT2D eigenvalue weighted by molar-refractivity contribution is -0.142. The first kappa shape index (κ1) is 60.5. The number of amides is 7. The zero-order valence-corrected chi connectivity index (χ0v) is 44.0. The van der Waals surface area contributed by atoms with Gasteiger partial charge in [-0.2, -0.15) is 0 Å². The fourth-order valence-electron chi connectivity index (χ4n) is 8.66. The standard InChI is InChI=1S/C56H65F2N7O13/c1-34(25-46(68)35(2)60-55(77)78-33-37-15-10-7-11-16-37)52(74)62-44(28-50(72)73)54(76)61-43(53(75)59-23-12-17-40(67)31-65-47(69)20-21-48(65)70)22-24-64(49(71)32-66)51(56(3,4)5)45-26-38(41-27-39(57)18-19-42(41)58)30-63(45)29-36-13-8-6-9-14-36/h6-11,13-16,18-21,26-27,30,34-35,43-44,51,66H,12,17,22-25,28-29,31-33H2,1-5H3,(H,59,75)(H,60,77)(H,61,76)(H,62,74)(H,72,73)/t34-,35-,43-,44-,51-/m0/s1. The molecule has 1 aliphatic rings. The normalized spacial score (nSPS) is 14.1. The molecule has 416 valence electrons. The number of Topliss-reactive ketones (excluding diaryl/α,β-unsaturated/α-hetero) is 2. The van der Waals surface area contributed by atoms with Gasteiger partial charge in [0.05, 0.1) is 25.0 Å². The Morgan fingerprint density at radius 1 is 0.769 bits per heavy atom. The molecule has 0 fully saturated rings. The Labute approximate surface area is 449 Å². The SMILES string of the molecule is C[C@H](NC(=O)OCc1ccccc1)C(=O)C[C@H](C)C(=O)N[C@@H](CC(=O)O)C(=O)N[C@@H](CCN(C(=O)CO)[C@@H](c1cc(-c2cc(F)ccc2F)cn1Cc1ccccc1)C(C)(C)C)C(=O)NCCCC(=O)CN1C(=O)C=CC1=O. The summed E-state index contributed by atoms with van der Waals surface area (Å²) in [6.07, 6.45) is 0.712. The molecule has 0 saturated carbocycles. The van der Waals surface area contributed by atoms with Crippen molar-refractivity contribution in [3.63, 3.8) is 0 Å². The molecule has 6 N–H and O–H groups in total. The number of aliphatic carboxylic acids is 1. The molecule has 0 spiro atoms. The van der Waals surface area contributed by atoms with E-state index in [2.05, 4.69) is 21.3 Å². The summed E-state index contributed by atoms with van der Waals surface area (Å²) in [5.74, 6) is -10.3. The van der Waals surface area contributed by atoms with E-state index in [0.717, 1.165) is 40.8 Å². The maximum absolute atomic E-state index is 15.4. The predicted molar refractivity (Wildman–Crippen MR) is 278 cm³/mol. The van der Waals surface area contributed by atoms with E-state index in [1.165, 1.54) is 18.7 Å². The molecule has 7 amide bonds. The topological polar surface area (TPSA) is 280 Å². The summed E-state index contributed by atoms with van der Waals surface area (Å²) in [6, 6.07) is 16.9. The first-order chi connectivity index (χ1) is 36.9. The highest BCUT2D eigenvalue weighted by Crippen LogP contribution is 2.41. The van der Waals surface area contributed by atoms with Gasteiger partial charge >= 0.3 is 12.1 Å². The van der Waals surface area contributed by atoms with Gasteiger partial charge in [-0.15, -0.1) is 0 Å². The Balaban J connectivity index is 1.39. The van der Waals surface area contributed by atoms with Gasteiger partial charge in [0.1, 0.15) is 36.9 Å². The highest BCUT2D eigenvalue weighted by atomic mass is 19.1. The number of aliphatic hydroxyl groups excluding tert-OH is 1. The van der Waals surface area contributed by atoms with E-state index < -0.39 is 139 Å². The number of alkyl carbamates (subject to hydrolysis) is 1.